The van der Waals surface area contributed by atoms with Crippen molar-refractivity contribution in [2.45, 2.75) is 6.54 Å². The Morgan fingerprint density at radius 2 is 1.46 bits per heavy atom. The van der Waals surface area contributed by atoms with Gasteiger partial charge in [-0.05, 0) is 53.7 Å². The number of rotatable bonds is 4. The van der Waals surface area contributed by atoms with E-state index in [0.717, 1.165) is 36.6 Å². The second kappa shape index (κ2) is 8.82. The van der Waals surface area contributed by atoms with Crippen LogP contribution in [-0.4, -0.2) is 20.1 Å². The van der Waals surface area contributed by atoms with Crippen LogP contribution in [0.3, 0.4) is 0 Å². The monoisotopic (exact) mass is 465 g/mol. The number of aliphatic imine (C=N–C) groups is 2. The van der Waals surface area contributed by atoms with Crippen molar-refractivity contribution in [3.63, 3.8) is 0 Å². The van der Waals surface area contributed by atoms with Crippen LogP contribution < -0.4 is 0 Å². The molecule has 3 nitrogen and oxygen atoms in total. The average molecular weight is 466 g/mol. The van der Waals surface area contributed by atoms with Gasteiger partial charge in [0.1, 0.15) is 9.36 Å². The van der Waals surface area contributed by atoms with Crippen LogP contribution in [0.1, 0.15) is 5.56 Å². The fourth-order valence-corrected chi connectivity index (χ4v) is 4.43. The van der Waals surface area contributed by atoms with Gasteiger partial charge in [0.15, 0.2) is 5.84 Å². The predicted molar refractivity (Wildman–Crippen MR) is 127 cm³/mol. The Labute approximate surface area is 182 Å². The third kappa shape index (κ3) is 4.58. The molecule has 1 aliphatic heterocycles. The van der Waals surface area contributed by atoms with Crippen LogP contribution >= 0.6 is 39.9 Å². The maximum absolute atomic E-state index is 5.67. The van der Waals surface area contributed by atoms with Crippen molar-refractivity contribution >= 4 is 66.5 Å². The van der Waals surface area contributed by atoms with Crippen LogP contribution in [0.2, 0.25) is 0 Å². The van der Waals surface area contributed by atoms with Gasteiger partial charge in [-0.2, -0.15) is 0 Å². The van der Waals surface area contributed by atoms with Crippen molar-refractivity contribution in [2.24, 2.45) is 9.98 Å². The number of para-hydroxylation sites is 2. The first-order valence-corrected chi connectivity index (χ1v) is 10.7. The maximum Gasteiger partial charge on any atom is 0.168 e. The highest BCUT2D eigenvalue weighted by atomic mass is 79.9. The van der Waals surface area contributed by atoms with Gasteiger partial charge in [0, 0.05) is 4.47 Å². The van der Waals surface area contributed by atoms with Gasteiger partial charge in [-0.3, -0.25) is 0 Å². The maximum atomic E-state index is 5.67. The summed E-state index contributed by atoms with van der Waals surface area (Å²) in [6.07, 6.45) is 0. The van der Waals surface area contributed by atoms with Crippen LogP contribution in [0.4, 0.5) is 11.4 Å². The van der Waals surface area contributed by atoms with Crippen LogP contribution in [0.5, 0.6) is 0 Å². The lowest BCUT2D eigenvalue weighted by Gasteiger charge is -2.18. The van der Waals surface area contributed by atoms with E-state index in [1.165, 1.54) is 11.8 Å². The minimum absolute atomic E-state index is 0.644. The third-order valence-corrected chi connectivity index (χ3v) is 5.88. The summed E-state index contributed by atoms with van der Waals surface area (Å²) < 4.78 is 1.80. The fourth-order valence-electron chi connectivity index (χ4n) is 2.77. The average Bonchev–Trinajstić information content (AvgIpc) is 2.98. The van der Waals surface area contributed by atoms with E-state index in [0.29, 0.717) is 6.54 Å². The van der Waals surface area contributed by atoms with Gasteiger partial charge >= 0.3 is 0 Å². The van der Waals surface area contributed by atoms with Gasteiger partial charge in [-0.25, -0.2) is 9.98 Å². The highest BCUT2D eigenvalue weighted by Gasteiger charge is 2.32. The topological polar surface area (TPSA) is 28.0 Å². The molecule has 0 N–H and O–H groups in total. The molecule has 0 unspecified atom stereocenters. The Morgan fingerprint density at radius 1 is 0.821 bits per heavy atom. The fraction of sp³-hybridized carbons (Fsp3) is 0.0455. The number of benzene rings is 3. The molecule has 0 atom stereocenters. The number of thiocarbonyl (C=S) groups is 1. The summed E-state index contributed by atoms with van der Waals surface area (Å²) in [6.45, 7) is 0.644. The van der Waals surface area contributed by atoms with E-state index in [1.54, 1.807) is 0 Å². The lowest BCUT2D eigenvalue weighted by atomic mass is 10.2. The molecule has 1 fully saturated rings. The zero-order valence-corrected chi connectivity index (χ0v) is 18.0. The first-order chi connectivity index (χ1) is 13.7. The van der Waals surface area contributed by atoms with Crippen LogP contribution in [0.15, 0.2) is 99.4 Å². The zero-order chi connectivity index (χ0) is 19.3. The van der Waals surface area contributed by atoms with Crippen molar-refractivity contribution < 1.29 is 0 Å². The smallest absolute Gasteiger partial charge is 0.168 e. The molecular formula is C22H16BrN3S2. The molecular weight excluding hydrogens is 450 g/mol. The number of halogens is 1. The molecule has 1 heterocycles. The summed E-state index contributed by atoms with van der Waals surface area (Å²) >= 11 is 10.7. The second-order valence-corrected chi connectivity index (χ2v) is 8.65. The molecule has 28 heavy (non-hydrogen) atoms. The lowest BCUT2D eigenvalue weighted by Crippen LogP contribution is -2.29. The lowest BCUT2D eigenvalue weighted by molar-refractivity contribution is 0.635. The first-order valence-electron chi connectivity index (χ1n) is 8.71. The van der Waals surface area contributed by atoms with Crippen LogP contribution in [-0.2, 0) is 6.54 Å². The summed E-state index contributed by atoms with van der Waals surface area (Å²) in [7, 11) is 0. The van der Waals surface area contributed by atoms with Crippen molar-refractivity contribution in [1.29, 1.82) is 0 Å². The molecule has 0 spiro atoms. The first kappa shape index (κ1) is 19.1. The van der Waals surface area contributed by atoms with Gasteiger partial charge in [-0.1, -0.05) is 76.7 Å². The summed E-state index contributed by atoms with van der Waals surface area (Å²) in [4.78, 5) is 11.7. The van der Waals surface area contributed by atoms with E-state index in [-0.39, 0.29) is 0 Å². The minimum atomic E-state index is 0.644. The number of amidine groups is 1. The van der Waals surface area contributed by atoms with E-state index in [4.69, 9.17) is 22.2 Å². The molecule has 4 rings (SSSR count). The van der Waals surface area contributed by atoms with Crippen molar-refractivity contribution in [3.8, 4) is 0 Å². The predicted octanol–water partition coefficient (Wildman–Crippen LogP) is 6.74. The molecule has 0 aromatic heterocycles. The molecule has 138 valence electrons. The Balaban J connectivity index is 1.74. The van der Waals surface area contributed by atoms with E-state index >= 15 is 0 Å². The van der Waals surface area contributed by atoms with Crippen molar-refractivity contribution in [1.82, 2.24) is 4.90 Å². The van der Waals surface area contributed by atoms with Gasteiger partial charge in [0.2, 0.25) is 0 Å². The zero-order valence-electron chi connectivity index (χ0n) is 14.8. The Hall–Kier alpha value is -2.28. The number of nitrogens with zero attached hydrogens (tertiary/aromatic N) is 3. The molecule has 1 aliphatic rings. The number of hydrogen-bond acceptors (Lipinski definition) is 4. The number of hydrogen-bond donors (Lipinski definition) is 0. The number of thioether (sulfide) groups is 1. The SMILES string of the molecule is S=C1SC(=Nc2ccccc2)C(=Nc2ccccc2)N1Cc1cccc(Br)c1. The van der Waals surface area contributed by atoms with Gasteiger partial charge in [0.25, 0.3) is 0 Å². The molecule has 0 aliphatic carbocycles. The Kier molecular flexibility index (Phi) is 6.00. The second-order valence-electron chi connectivity index (χ2n) is 6.11. The standard InChI is InChI=1S/C22H16BrN3S2/c23-17-9-7-8-16(14-17)15-26-20(24-18-10-3-1-4-11-18)21(28-22(26)27)25-19-12-5-2-6-13-19/h1-14H,15H2. The molecule has 6 heteroatoms. The molecule has 1 saturated heterocycles. The quantitative estimate of drug-likeness (QED) is 0.399. The summed E-state index contributed by atoms with van der Waals surface area (Å²) in [6, 6.07) is 28.0. The summed E-state index contributed by atoms with van der Waals surface area (Å²) in [5.74, 6) is 0.782. The molecule has 0 saturated carbocycles. The summed E-state index contributed by atoms with van der Waals surface area (Å²) in [5.41, 5.74) is 2.92. The minimum Gasteiger partial charge on any atom is -0.305 e. The van der Waals surface area contributed by atoms with Gasteiger partial charge in [-0.15, -0.1) is 0 Å². The third-order valence-electron chi connectivity index (χ3n) is 4.06. The van der Waals surface area contributed by atoms with E-state index < -0.39 is 0 Å². The van der Waals surface area contributed by atoms with E-state index in [2.05, 4.69) is 33.0 Å². The molecule has 0 amide bonds. The Bertz CT molecular complexity index is 1050. The molecule has 0 bridgehead atoms. The Morgan fingerprint density at radius 3 is 2.11 bits per heavy atom. The highest BCUT2D eigenvalue weighted by molar-refractivity contribution is 9.10. The largest absolute Gasteiger partial charge is 0.305 e. The van der Waals surface area contributed by atoms with Gasteiger partial charge in [0.05, 0.1) is 17.9 Å². The molecule has 0 radical (unpaired) electrons. The van der Waals surface area contributed by atoms with Crippen molar-refractivity contribution in [2.75, 3.05) is 0 Å². The van der Waals surface area contributed by atoms with Gasteiger partial charge < -0.3 is 4.90 Å². The van der Waals surface area contributed by atoms with Crippen LogP contribution in [0.25, 0.3) is 0 Å². The normalized spacial score (nSPS) is 16.9. The highest BCUT2D eigenvalue weighted by Crippen LogP contribution is 2.30. The van der Waals surface area contributed by atoms with E-state index in [1.807, 2.05) is 72.8 Å². The summed E-state index contributed by atoms with van der Waals surface area (Å²) in [5, 5.41) is 0.815. The molecule has 3 aromatic rings. The molecule has 3 aromatic carbocycles. The van der Waals surface area contributed by atoms with E-state index in [9.17, 15) is 0 Å². The van der Waals surface area contributed by atoms with Crippen molar-refractivity contribution in [3.05, 3.63) is 95.0 Å². The van der Waals surface area contributed by atoms with Crippen LogP contribution in [0, 0.1) is 0 Å².